The number of anilines is 1. The molecule has 0 unspecified atom stereocenters. The van der Waals surface area contributed by atoms with Crippen LogP contribution in [-0.4, -0.2) is 35.5 Å². The number of carbonyl (C=O) groups excluding carboxylic acids is 2. The van der Waals surface area contributed by atoms with Gasteiger partial charge in [0.15, 0.2) is 5.13 Å². The van der Waals surface area contributed by atoms with Gasteiger partial charge in [-0.15, -0.1) is 0 Å². The second-order valence-corrected chi connectivity index (χ2v) is 7.41. The summed E-state index contributed by atoms with van der Waals surface area (Å²) in [4.78, 5) is 30.7. The number of rotatable bonds is 3. The number of aromatic nitrogens is 1. The Morgan fingerprint density at radius 3 is 3.04 bits per heavy atom. The van der Waals surface area contributed by atoms with Crippen LogP contribution < -0.4 is 5.32 Å². The number of halogens is 2. The number of hydrogen-bond donors (Lipinski definition) is 1. The van der Waals surface area contributed by atoms with Crippen LogP contribution in [0.15, 0.2) is 22.7 Å². The number of nitrogens with zero attached hydrogens (tertiary/aromatic N) is 2. The minimum atomic E-state index is -0.440. The van der Waals surface area contributed by atoms with E-state index in [1.54, 1.807) is 23.1 Å². The Bertz CT molecular complexity index is 827. The van der Waals surface area contributed by atoms with Gasteiger partial charge in [-0.3, -0.25) is 4.79 Å². The Balaban J connectivity index is 1.66. The average Bonchev–Trinajstić information content (AvgIpc) is 2.99. The van der Waals surface area contributed by atoms with Crippen molar-refractivity contribution in [2.24, 2.45) is 0 Å². The molecule has 0 atom stereocenters. The molecule has 0 aliphatic carbocycles. The fraction of sp³-hybridized carbons (Fsp3) is 0.312. The van der Waals surface area contributed by atoms with Crippen molar-refractivity contribution in [1.82, 2.24) is 9.88 Å². The van der Waals surface area contributed by atoms with E-state index in [1.165, 1.54) is 18.4 Å². The van der Waals surface area contributed by atoms with Crippen molar-refractivity contribution >= 4 is 44.4 Å². The lowest BCUT2D eigenvalue weighted by atomic mass is 10.1. The van der Waals surface area contributed by atoms with Gasteiger partial charge in [0.2, 0.25) is 5.91 Å². The maximum atomic E-state index is 13.9. The molecule has 132 valence electrons. The van der Waals surface area contributed by atoms with Crippen molar-refractivity contribution in [2.75, 3.05) is 19.0 Å². The molecular weight excluding hydrogens is 413 g/mol. The first-order valence-electron chi connectivity index (χ1n) is 7.52. The van der Waals surface area contributed by atoms with Crippen molar-refractivity contribution in [3.05, 3.63) is 44.6 Å². The third kappa shape index (κ3) is 3.98. The second-order valence-electron chi connectivity index (χ2n) is 5.47. The number of hydrogen-bond acceptors (Lipinski definition) is 5. The zero-order valence-electron chi connectivity index (χ0n) is 13.3. The van der Waals surface area contributed by atoms with Crippen molar-refractivity contribution in [2.45, 2.75) is 19.4 Å². The largest absolute Gasteiger partial charge is 0.453 e. The number of fused-ring (bicyclic) bond motifs is 1. The van der Waals surface area contributed by atoms with E-state index in [9.17, 15) is 14.0 Å². The van der Waals surface area contributed by atoms with E-state index in [2.05, 4.69) is 26.2 Å². The summed E-state index contributed by atoms with van der Waals surface area (Å²) in [5.41, 5.74) is 1.18. The highest BCUT2D eigenvalue weighted by Crippen LogP contribution is 2.29. The van der Waals surface area contributed by atoms with Crippen LogP contribution in [0.25, 0.3) is 0 Å². The fourth-order valence-corrected chi connectivity index (χ4v) is 4.00. The molecule has 0 fully saturated rings. The normalized spacial score (nSPS) is 13.3. The van der Waals surface area contributed by atoms with Gasteiger partial charge in [-0.1, -0.05) is 23.5 Å². The summed E-state index contributed by atoms with van der Waals surface area (Å²) in [5.74, 6) is -0.780. The minimum absolute atomic E-state index is 0.0796. The highest BCUT2D eigenvalue weighted by atomic mass is 79.9. The van der Waals surface area contributed by atoms with E-state index < -0.39 is 5.82 Å². The predicted molar refractivity (Wildman–Crippen MR) is 95.1 cm³/mol. The van der Waals surface area contributed by atoms with Gasteiger partial charge in [0.05, 0.1) is 30.2 Å². The molecule has 25 heavy (non-hydrogen) atoms. The number of thiazole rings is 1. The van der Waals surface area contributed by atoms with Crippen molar-refractivity contribution in [3.63, 3.8) is 0 Å². The Morgan fingerprint density at radius 1 is 1.48 bits per heavy atom. The van der Waals surface area contributed by atoms with Gasteiger partial charge in [0.25, 0.3) is 0 Å². The van der Waals surface area contributed by atoms with E-state index >= 15 is 0 Å². The highest BCUT2D eigenvalue weighted by molar-refractivity contribution is 9.10. The van der Waals surface area contributed by atoms with Gasteiger partial charge in [-0.25, -0.2) is 14.2 Å². The van der Waals surface area contributed by atoms with Crippen LogP contribution in [0.4, 0.5) is 14.3 Å². The number of ether oxygens (including phenoxy) is 1. The molecule has 0 radical (unpaired) electrons. The molecule has 1 aliphatic heterocycles. The molecule has 9 heteroatoms. The number of benzene rings is 1. The lowest BCUT2D eigenvalue weighted by molar-refractivity contribution is -0.115. The zero-order valence-corrected chi connectivity index (χ0v) is 15.7. The third-order valence-corrected chi connectivity index (χ3v) is 5.40. The van der Waals surface area contributed by atoms with Gasteiger partial charge >= 0.3 is 6.09 Å². The van der Waals surface area contributed by atoms with Crippen LogP contribution in [0.2, 0.25) is 0 Å². The monoisotopic (exact) mass is 427 g/mol. The maximum absolute atomic E-state index is 13.9. The summed E-state index contributed by atoms with van der Waals surface area (Å²) < 4.78 is 19.0. The molecule has 2 heterocycles. The average molecular weight is 428 g/mol. The number of amides is 2. The molecule has 0 saturated carbocycles. The second kappa shape index (κ2) is 7.49. The van der Waals surface area contributed by atoms with E-state index in [1.807, 2.05) is 0 Å². The quantitative estimate of drug-likeness (QED) is 0.814. The van der Waals surface area contributed by atoms with Crippen LogP contribution in [0.1, 0.15) is 16.1 Å². The Kier molecular flexibility index (Phi) is 5.33. The minimum Gasteiger partial charge on any atom is -0.453 e. The summed E-state index contributed by atoms with van der Waals surface area (Å²) in [7, 11) is 1.34. The van der Waals surface area contributed by atoms with Crippen LogP contribution in [-0.2, 0) is 28.9 Å². The molecule has 0 spiro atoms. The Hall–Kier alpha value is -2.00. The van der Waals surface area contributed by atoms with Gasteiger partial charge in [-0.2, -0.15) is 0 Å². The highest BCUT2D eigenvalue weighted by Gasteiger charge is 2.25. The van der Waals surface area contributed by atoms with Crippen LogP contribution in [0.5, 0.6) is 0 Å². The number of nitrogens with one attached hydrogen (secondary N) is 1. The molecule has 2 aromatic rings. The molecule has 1 aromatic carbocycles. The maximum Gasteiger partial charge on any atom is 0.409 e. The smallest absolute Gasteiger partial charge is 0.409 e. The van der Waals surface area contributed by atoms with Crippen molar-refractivity contribution in [3.8, 4) is 0 Å². The van der Waals surface area contributed by atoms with Gasteiger partial charge < -0.3 is 15.0 Å². The summed E-state index contributed by atoms with van der Waals surface area (Å²) in [5, 5.41) is 3.16. The standard InChI is InChI=1S/C16H15BrFN3O3S/c1-24-16(23)21-6-5-11-12(8-21)25-15(19-11)20-13(22)7-9-3-2-4-10(17)14(9)18/h2-4H,5-8H2,1H3,(H,19,20,22). The predicted octanol–water partition coefficient (Wildman–Crippen LogP) is 3.35. The molecule has 3 rings (SSSR count). The lowest BCUT2D eigenvalue weighted by Crippen LogP contribution is -2.35. The van der Waals surface area contributed by atoms with Gasteiger partial charge in [0, 0.05) is 17.8 Å². The number of carbonyl (C=O) groups is 2. The SMILES string of the molecule is COC(=O)N1CCc2nc(NC(=O)Cc3cccc(Br)c3F)sc2C1. The first kappa shape index (κ1) is 17.8. The Morgan fingerprint density at radius 2 is 2.28 bits per heavy atom. The Labute approximate surface area is 156 Å². The van der Waals surface area contributed by atoms with Crippen LogP contribution in [0, 0.1) is 5.82 Å². The third-order valence-electron chi connectivity index (χ3n) is 3.79. The molecule has 1 aliphatic rings. The summed E-state index contributed by atoms with van der Waals surface area (Å²) in [6.45, 7) is 0.940. The summed E-state index contributed by atoms with van der Waals surface area (Å²) in [6.07, 6.45) is 0.149. The first-order chi connectivity index (χ1) is 12.0. The molecule has 1 aromatic heterocycles. The van der Waals surface area contributed by atoms with Gasteiger partial charge in [0.1, 0.15) is 5.82 Å². The summed E-state index contributed by atoms with van der Waals surface area (Å²) in [6, 6.07) is 4.83. The van der Waals surface area contributed by atoms with Crippen molar-refractivity contribution in [1.29, 1.82) is 0 Å². The fourth-order valence-electron chi connectivity index (χ4n) is 2.56. The van der Waals surface area contributed by atoms with Crippen LogP contribution in [0.3, 0.4) is 0 Å². The molecule has 0 saturated heterocycles. The number of methoxy groups -OCH3 is 1. The van der Waals surface area contributed by atoms with Crippen molar-refractivity contribution < 1.29 is 18.7 Å². The first-order valence-corrected chi connectivity index (χ1v) is 9.13. The molecule has 1 N–H and O–H groups in total. The molecule has 0 bridgehead atoms. The van der Waals surface area contributed by atoms with Crippen LogP contribution >= 0.6 is 27.3 Å². The van der Waals surface area contributed by atoms with E-state index in [-0.39, 0.29) is 18.4 Å². The summed E-state index contributed by atoms with van der Waals surface area (Å²) >= 11 is 4.42. The lowest BCUT2D eigenvalue weighted by Gasteiger charge is -2.24. The molecule has 6 nitrogen and oxygen atoms in total. The van der Waals surface area contributed by atoms with E-state index in [0.29, 0.717) is 34.7 Å². The molecule has 2 amide bonds. The van der Waals surface area contributed by atoms with Gasteiger partial charge in [-0.05, 0) is 27.6 Å². The molecular formula is C16H15BrFN3O3S. The zero-order chi connectivity index (χ0) is 18.0. The van der Waals surface area contributed by atoms with E-state index in [0.717, 1.165) is 10.6 Å². The van der Waals surface area contributed by atoms with E-state index in [4.69, 9.17) is 4.74 Å². The topological polar surface area (TPSA) is 71.5 Å².